The molecule has 1 saturated heterocycles. The van der Waals surface area contributed by atoms with Crippen LogP contribution in [0.2, 0.25) is 0 Å². The molecule has 0 saturated carbocycles. The molecule has 1 aliphatic rings. The van der Waals surface area contributed by atoms with Crippen LogP contribution in [-0.4, -0.2) is 51.0 Å². The van der Waals surface area contributed by atoms with Crippen molar-refractivity contribution in [1.29, 1.82) is 0 Å². The normalized spacial score (nSPS) is 29.3. The number of rotatable bonds is 4. The molecule has 90 valence electrons. The maximum atomic E-state index is 11.1. The molecule has 4 nitrogen and oxygen atoms in total. The van der Waals surface area contributed by atoms with Crippen molar-refractivity contribution in [2.45, 2.75) is 25.8 Å². The van der Waals surface area contributed by atoms with Crippen molar-refractivity contribution in [3.8, 4) is 0 Å². The van der Waals surface area contributed by atoms with Gasteiger partial charge in [-0.3, -0.25) is 4.90 Å². The third-order valence-corrected chi connectivity index (χ3v) is 4.15. The summed E-state index contributed by atoms with van der Waals surface area (Å²) in [5.74, 6) is 0.833. The van der Waals surface area contributed by atoms with E-state index in [1.165, 1.54) is 12.7 Å². The van der Waals surface area contributed by atoms with Gasteiger partial charge in [-0.15, -0.1) is 0 Å². The third kappa shape index (κ3) is 4.09. The van der Waals surface area contributed by atoms with E-state index in [1.54, 1.807) is 0 Å². The molecule has 0 aromatic rings. The van der Waals surface area contributed by atoms with Crippen LogP contribution in [0.15, 0.2) is 0 Å². The number of nitrogens with two attached hydrogens (primary N) is 1. The minimum atomic E-state index is -2.86. The summed E-state index contributed by atoms with van der Waals surface area (Å²) >= 11 is 0. The van der Waals surface area contributed by atoms with E-state index in [-0.39, 0.29) is 5.75 Å². The minimum absolute atomic E-state index is 0.246. The van der Waals surface area contributed by atoms with E-state index in [2.05, 4.69) is 11.8 Å². The molecule has 1 heterocycles. The van der Waals surface area contributed by atoms with E-state index in [1.807, 2.05) is 0 Å². The molecule has 0 aromatic heterocycles. The van der Waals surface area contributed by atoms with Gasteiger partial charge in [0.2, 0.25) is 0 Å². The van der Waals surface area contributed by atoms with Crippen LogP contribution >= 0.6 is 0 Å². The van der Waals surface area contributed by atoms with E-state index < -0.39 is 9.84 Å². The lowest BCUT2D eigenvalue weighted by Crippen LogP contribution is -2.49. The zero-order valence-corrected chi connectivity index (χ0v) is 10.5. The van der Waals surface area contributed by atoms with E-state index in [0.717, 1.165) is 13.0 Å². The standard InChI is InChI=1S/C10H22N2O2S/c1-9-4-3-5-12(10(9)8-11)6-7-15(2,13)14/h9-10H,3-8,11H2,1-2H3. The van der Waals surface area contributed by atoms with Gasteiger partial charge in [-0.2, -0.15) is 0 Å². The molecule has 5 heteroatoms. The highest BCUT2D eigenvalue weighted by Crippen LogP contribution is 2.22. The first-order valence-corrected chi connectivity index (χ1v) is 7.62. The Bertz CT molecular complexity index is 290. The second kappa shape index (κ2) is 5.27. The van der Waals surface area contributed by atoms with E-state index in [9.17, 15) is 8.42 Å². The average molecular weight is 234 g/mol. The first-order chi connectivity index (χ1) is 6.94. The van der Waals surface area contributed by atoms with Crippen molar-refractivity contribution < 1.29 is 8.42 Å². The average Bonchev–Trinajstić information content (AvgIpc) is 2.13. The quantitative estimate of drug-likeness (QED) is 0.749. The highest BCUT2D eigenvalue weighted by molar-refractivity contribution is 7.90. The second-order valence-corrected chi connectivity index (χ2v) is 6.85. The summed E-state index contributed by atoms with van der Waals surface area (Å²) in [4.78, 5) is 2.23. The van der Waals surface area contributed by atoms with Gasteiger partial charge in [0.1, 0.15) is 9.84 Å². The lowest BCUT2D eigenvalue weighted by molar-refractivity contribution is 0.113. The van der Waals surface area contributed by atoms with Crippen molar-refractivity contribution >= 4 is 9.84 Å². The molecular formula is C10H22N2O2S. The van der Waals surface area contributed by atoms with Crippen molar-refractivity contribution in [1.82, 2.24) is 4.90 Å². The fraction of sp³-hybridized carbons (Fsp3) is 1.00. The highest BCUT2D eigenvalue weighted by Gasteiger charge is 2.27. The van der Waals surface area contributed by atoms with Crippen LogP contribution < -0.4 is 5.73 Å². The summed E-state index contributed by atoms with van der Waals surface area (Å²) in [6.07, 6.45) is 3.65. The summed E-state index contributed by atoms with van der Waals surface area (Å²) in [6, 6.07) is 0.362. The van der Waals surface area contributed by atoms with Crippen LogP contribution in [-0.2, 0) is 9.84 Å². The van der Waals surface area contributed by atoms with Crippen LogP contribution in [0.3, 0.4) is 0 Å². The lowest BCUT2D eigenvalue weighted by Gasteiger charge is -2.39. The molecule has 0 radical (unpaired) electrons. The zero-order valence-electron chi connectivity index (χ0n) is 9.65. The predicted octanol–water partition coefficient (Wildman–Crippen LogP) is 0.0902. The molecule has 0 aromatic carbocycles. The maximum absolute atomic E-state index is 11.1. The second-order valence-electron chi connectivity index (χ2n) is 4.59. The minimum Gasteiger partial charge on any atom is -0.329 e. The Kier molecular flexibility index (Phi) is 4.55. The Morgan fingerprint density at radius 3 is 2.67 bits per heavy atom. The topological polar surface area (TPSA) is 63.4 Å². The smallest absolute Gasteiger partial charge is 0.148 e. The molecule has 1 rings (SSSR count). The van der Waals surface area contributed by atoms with Gasteiger partial charge in [0.15, 0.2) is 0 Å². The van der Waals surface area contributed by atoms with Gasteiger partial charge in [-0.1, -0.05) is 6.92 Å². The maximum Gasteiger partial charge on any atom is 0.148 e. The SMILES string of the molecule is CC1CCCN(CCS(C)(=O)=O)C1CN. The molecule has 0 spiro atoms. The van der Waals surface area contributed by atoms with Crippen LogP contribution in [0.1, 0.15) is 19.8 Å². The zero-order chi connectivity index (χ0) is 11.5. The lowest BCUT2D eigenvalue weighted by atomic mass is 9.91. The molecule has 1 aliphatic heterocycles. The number of hydrogen-bond donors (Lipinski definition) is 1. The number of piperidine rings is 1. The summed E-state index contributed by atoms with van der Waals surface area (Å²) in [5, 5.41) is 0. The van der Waals surface area contributed by atoms with Gasteiger partial charge in [-0.05, 0) is 25.3 Å². The third-order valence-electron chi connectivity index (χ3n) is 3.22. The number of likely N-dealkylation sites (tertiary alicyclic amines) is 1. The fourth-order valence-electron chi connectivity index (χ4n) is 2.28. The fourth-order valence-corrected chi connectivity index (χ4v) is 2.84. The van der Waals surface area contributed by atoms with Crippen LogP contribution in [0.25, 0.3) is 0 Å². The molecular weight excluding hydrogens is 212 g/mol. The summed E-state index contributed by atoms with van der Waals surface area (Å²) in [5.41, 5.74) is 5.73. The molecule has 15 heavy (non-hydrogen) atoms. The molecule has 2 unspecified atom stereocenters. The molecule has 0 aliphatic carbocycles. The van der Waals surface area contributed by atoms with Crippen LogP contribution in [0.5, 0.6) is 0 Å². The predicted molar refractivity (Wildman–Crippen MR) is 62.5 cm³/mol. The van der Waals surface area contributed by atoms with Crippen molar-refractivity contribution in [2.75, 3.05) is 31.6 Å². The van der Waals surface area contributed by atoms with Gasteiger partial charge in [0, 0.05) is 25.4 Å². The first kappa shape index (κ1) is 12.9. The van der Waals surface area contributed by atoms with Gasteiger partial charge in [0.05, 0.1) is 5.75 Å². The number of sulfone groups is 1. The van der Waals surface area contributed by atoms with E-state index >= 15 is 0 Å². The van der Waals surface area contributed by atoms with Crippen molar-refractivity contribution in [2.24, 2.45) is 11.7 Å². The summed E-state index contributed by atoms with van der Waals surface area (Å²) in [6.45, 7) is 4.45. The van der Waals surface area contributed by atoms with Gasteiger partial charge in [0.25, 0.3) is 0 Å². The van der Waals surface area contributed by atoms with E-state index in [4.69, 9.17) is 5.73 Å². The van der Waals surface area contributed by atoms with Gasteiger partial charge >= 0.3 is 0 Å². The molecule has 1 fully saturated rings. The monoisotopic (exact) mass is 234 g/mol. The van der Waals surface area contributed by atoms with Gasteiger partial charge in [-0.25, -0.2) is 8.42 Å². The number of hydrogen-bond acceptors (Lipinski definition) is 4. The Morgan fingerprint density at radius 1 is 1.47 bits per heavy atom. The Balaban J connectivity index is 2.51. The molecule has 0 amide bonds. The molecule has 2 N–H and O–H groups in total. The Hall–Kier alpha value is -0.130. The van der Waals surface area contributed by atoms with Crippen LogP contribution in [0, 0.1) is 5.92 Å². The number of nitrogens with zero attached hydrogens (tertiary/aromatic N) is 1. The Labute approximate surface area is 92.7 Å². The van der Waals surface area contributed by atoms with E-state index in [0.29, 0.717) is 25.0 Å². The molecule has 0 bridgehead atoms. The summed E-state index contributed by atoms with van der Waals surface area (Å²) < 4.78 is 22.2. The van der Waals surface area contributed by atoms with Gasteiger partial charge < -0.3 is 5.73 Å². The Morgan fingerprint density at radius 2 is 2.13 bits per heavy atom. The van der Waals surface area contributed by atoms with Crippen LogP contribution in [0.4, 0.5) is 0 Å². The molecule has 2 atom stereocenters. The van der Waals surface area contributed by atoms with Crippen molar-refractivity contribution in [3.05, 3.63) is 0 Å². The highest BCUT2D eigenvalue weighted by atomic mass is 32.2. The summed E-state index contributed by atoms with van der Waals surface area (Å²) in [7, 11) is -2.86. The first-order valence-electron chi connectivity index (χ1n) is 5.56. The largest absolute Gasteiger partial charge is 0.329 e. The van der Waals surface area contributed by atoms with Crippen molar-refractivity contribution in [3.63, 3.8) is 0 Å².